The third kappa shape index (κ3) is 3.72. The van der Waals surface area contributed by atoms with Crippen LogP contribution in [0.15, 0.2) is 4.99 Å². The Balaban J connectivity index is 1.19. The van der Waals surface area contributed by atoms with Gasteiger partial charge in [0.05, 0.1) is 0 Å². The number of nitrogens with one attached hydrogen (secondary N) is 1. The Morgan fingerprint density at radius 2 is 2.08 bits per heavy atom. The molecule has 0 amide bonds. The number of guanidine groups is 1. The van der Waals surface area contributed by atoms with E-state index < -0.39 is 0 Å². The predicted molar refractivity (Wildman–Crippen MR) is 97.3 cm³/mol. The Labute approximate surface area is 146 Å². The second kappa shape index (κ2) is 7.61. The molecule has 3 aliphatic heterocycles. The van der Waals surface area contributed by atoms with Gasteiger partial charge in [-0.25, -0.2) is 0 Å². The van der Waals surface area contributed by atoms with Crippen molar-refractivity contribution in [2.24, 2.45) is 22.7 Å². The van der Waals surface area contributed by atoms with E-state index in [2.05, 4.69) is 20.1 Å². The molecule has 4 aliphatic rings. The van der Waals surface area contributed by atoms with Gasteiger partial charge in [-0.2, -0.15) is 0 Å². The van der Waals surface area contributed by atoms with Gasteiger partial charge in [0.1, 0.15) is 0 Å². The highest BCUT2D eigenvalue weighted by Crippen LogP contribution is 2.40. The number of hydrogen-bond donors (Lipinski definition) is 1. The summed E-state index contributed by atoms with van der Waals surface area (Å²) in [7, 11) is 1.92. The highest BCUT2D eigenvalue weighted by molar-refractivity contribution is 5.80. The van der Waals surface area contributed by atoms with E-state index in [0.29, 0.717) is 0 Å². The van der Waals surface area contributed by atoms with Crippen LogP contribution in [-0.4, -0.2) is 74.8 Å². The van der Waals surface area contributed by atoms with Gasteiger partial charge in [0.25, 0.3) is 0 Å². The van der Waals surface area contributed by atoms with Crippen molar-refractivity contribution in [3.63, 3.8) is 0 Å². The standard InChI is InChI=1S/C19H34N4O/c1-20-19(21-8-4-10-24-14-15-6-7-15)23-12-16-11-22-9-3-2-5-18(22)17(16)13-23/h15-18H,2-14H2,1H3,(H,20,21)/t16-,17-,18+/m0/s1. The number of ether oxygens (including phenoxy) is 1. The molecule has 5 heteroatoms. The van der Waals surface area contributed by atoms with Crippen LogP contribution >= 0.6 is 0 Å². The molecule has 3 saturated heterocycles. The number of hydrogen-bond acceptors (Lipinski definition) is 3. The molecule has 0 spiro atoms. The van der Waals surface area contributed by atoms with Crippen molar-refractivity contribution >= 4 is 5.96 Å². The monoisotopic (exact) mass is 334 g/mol. The summed E-state index contributed by atoms with van der Waals surface area (Å²) in [5.41, 5.74) is 0. The molecule has 3 heterocycles. The van der Waals surface area contributed by atoms with Crippen molar-refractivity contribution in [1.29, 1.82) is 0 Å². The summed E-state index contributed by atoms with van der Waals surface area (Å²) >= 11 is 0. The zero-order chi connectivity index (χ0) is 16.4. The van der Waals surface area contributed by atoms with Crippen molar-refractivity contribution < 1.29 is 4.74 Å². The van der Waals surface area contributed by atoms with Gasteiger partial charge < -0.3 is 15.0 Å². The number of piperidine rings is 1. The summed E-state index contributed by atoms with van der Waals surface area (Å²) in [5, 5.41) is 3.56. The zero-order valence-electron chi connectivity index (χ0n) is 15.3. The van der Waals surface area contributed by atoms with E-state index in [4.69, 9.17) is 4.74 Å². The van der Waals surface area contributed by atoms with E-state index in [0.717, 1.165) is 55.9 Å². The summed E-state index contributed by atoms with van der Waals surface area (Å²) < 4.78 is 5.72. The van der Waals surface area contributed by atoms with Crippen LogP contribution in [0.3, 0.4) is 0 Å². The molecule has 1 saturated carbocycles. The van der Waals surface area contributed by atoms with E-state index in [1.54, 1.807) is 0 Å². The summed E-state index contributed by atoms with van der Waals surface area (Å²) in [6.07, 6.45) is 8.08. The number of likely N-dealkylation sites (tertiary alicyclic amines) is 1. The van der Waals surface area contributed by atoms with Gasteiger partial charge in [0, 0.05) is 52.5 Å². The number of fused-ring (bicyclic) bond motifs is 3. The SMILES string of the molecule is CN=C(NCCCOCC1CC1)N1C[C@@H]2CN3CCCC[C@@H]3[C@H]2C1. The van der Waals surface area contributed by atoms with Crippen LogP contribution < -0.4 is 5.32 Å². The lowest BCUT2D eigenvalue weighted by atomic mass is 9.90. The average Bonchev–Trinajstić information content (AvgIpc) is 3.23. The first-order valence-corrected chi connectivity index (χ1v) is 10.1. The van der Waals surface area contributed by atoms with E-state index >= 15 is 0 Å². The number of rotatable bonds is 6. The van der Waals surface area contributed by atoms with Crippen LogP contribution in [0.25, 0.3) is 0 Å². The number of aliphatic imine (C=N–C) groups is 1. The molecule has 136 valence electrons. The first kappa shape index (κ1) is 16.6. The largest absolute Gasteiger partial charge is 0.381 e. The van der Waals surface area contributed by atoms with Crippen molar-refractivity contribution in [3.05, 3.63) is 0 Å². The molecular weight excluding hydrogens is 300 g/mol. The predicted octanol–water partition coefficient (Wildman–Crippen LogP) is 1.79. The minimum atomic E-state index is 0.850. The fraction of sp³-hybridized carbons (Fsp3) is 0.947. The molecule has 0 aromatic rings. The molecule has 0 aromatic heterocycles. The van der Waals surface area contributed by atoms with Crippen LogP contribution in [-0.2, 0) is 4.74 Å². The first-order chi connectivity index (χ1) is 11.8. The highest BCUT2D eigenvalue weighted by Gasteiger charge is 2.47. The van der Waals surface area contributed by atoms with Gasteiger partial charge in [0.15, 0.2) is 5.96 Å². The fourth-order valence-corrected chi connectivity index (χ4v) is 4.97. The third-order valence-electron chi connectivity index (χ3n) is 6.43. The van der Waals surface area contributed by atoms with Gasteiger partial charge in [-0.05, 0) is 56.4 Å². The summed E-state index contributed by atoms with van der Waals surface area (Å²) in [6, 6.07) is 0.850. The topological polar surface area (TPSA) is 40.1 Å². The molecule has 1 aliphatic carbocycles. The number of nitrogens with zero attached hydrogens (tertiary/aromatic N) is 3. The maximum absolute atomic E-state index is 5.72. The molecule has 1 N–H and O–H groups in total. The summed E-state index contributed by atoms with van der Waals surface area (Å²) in [4.78, 5) is 9.81. The fourth-order valence-electron chi connectivity index (χ4n) is 4.97. The van der Waals surface area contributed by atoms with E-state index in [1.165, 1.54) is 58.3 Å². The van der Waals surface area contributed by atoms with Crippen LogP contribution in [0.2, 0.25) is 0 Å². The minimum Gasteiger partial charge on any atom is -0.381 e. The molecule has 4 fully saturated rings. The first-order valence-electron chi connectivity index (χ1n) is 10.1. The van der Waals surface area contributed by atoms with Gasteiger partial charge in [-0.1, -0.05) is 6.42 Å². The van der Waals surface area contributed by atoms with Crippen molar-refractivity contribution in [3.8, 4) is 0 Å². The lowest BCUT2D eigenvalue weighted by Crippen LogP contribution is -2.44. The lowest BCUT2D eigenvalue weighted by Gasteiger charge is -2.33. The molecule has 0 unspecified atom stereocenters. The van der Waals surface area contributed by atoms with Crippen LogP contribution in [0.1, 0.15) is 38.5 Å². The quantitative estimate of drug-likeness (QED) is 0.457. The molecule has 3 atom stereocenters. The highest BCUT2D eigenvalue weighted by atomic mass is 16.5. The Morgan fingerprint density at radius 3 is 2.92 bits per heavy atom. The smallest absolute Gasteiger partial charge is 0.193 e. The molecule has 0 radical (unpaired) electrons. The molecule has 0 aromatic carbocycles. The Morgan fingerprint density at radius 1 is 1.17 bits per heavy atom. The van der Waals surface area contributed by atoms with E-state index in [1.807, 2.05) is 7.05 Å². The second-order valence-electron chi connectivity index (χ2n) is 8.23. The third-order valence-corrected chi connectivity index (χ3v) is 6.43. The summed E-state index contributed by atoms with van der Waals surface area (Å²) in [5.74, 6) is 3.70. The minimum absolute atomic E-state index is 0.850. The Hall–Kier alpha value is -0.810. The molecular formula is C19H34N4O. The Kier molecular flexibility index (Phi) is 5.28. The Bertz CT molecular complexity index is 451. The van der Waals surface area contributed by atoms with E-state index in [-0.39, 0.29) is 0 Å². The van der Waals surface area contributed by atoms with Crippen LogP contribution in [0.5, 0.6) is 0 Å². The zero-order valence-corrected chi connectivity index (χ0v) is 15.3. The normalized spacial score (nSPS) is 33.6. The lowest BCUT2D eigenvalue weighted by molar-refractivity contribution is 0.122. The maximum atomic E-state index is 5.72. The van der Waals surface area contributed by atoms with Gasteiger partial charge in [0.2, 0.25) is 0 Å². The molecule has 4 rings (SSSR count). The van der Waals surface area contributed by atoms with Gasteiger partial charge >= 0.3 is 0 Å². The van der Waals surface area contributed by atoms with Crippen molar-refractivity contribution in [2.75, 3.05) is 53.0 Å². The van der Waals surface area contributed by atoms with Crippen LogP contribution in [0, 0.1) is 17.8 Å². The molecule has 0 bridgehead atoms. The molecule has 5 nitrogen and oxygen atoms in total. The van der Waals surface area contributed by atoms with Gasteiger partial charge in [-0.3, -0.25) is 9.89 Å². The van der Waals surface area contributed by atoms with Crippen LogP contribution in [0.4, 0.5) is 0 Å². The van der Waals surface area contributed by atoms with Crippen molar-refractivity contribution in [2.45, 2.75) is 44.6 Å². The van der Waals surface area contributed by atoms with Crippen molar-refractivity contribution in [1.82, 2.24) is 15.1 Å². The average molecular weight is 335 g/mol. The van der Waals surface area contributed by atoms with Gasteiger partial charge in [-0.15, -0.1) is 0 Å². The molecule has 24 heavy (non-hydrogen) atoms. The summed E-state index contributed by atoms with van der Waals surface area (Å²) in [6.45, 7) is 7.87. The van der Waals surface area contributed by atoms with E-state index in [9.17, 15) is 0 Å². The second-order valence-corrected chi connectivity index (χ2v) is 8.23. The maximum Gasteiger partial charge on any atom is 0.193 e.